The van der Waals surface area contributed by atoms with Gasteiger partial charge in [0.15, 0.2) is 0 Å². The van der Waals surface area contributed by atoms with E-state index in [4.69, 9.17) is 0 Å². The number of fused-ring (bicyclic) bond motifs is 1. The summed E-state index contributed by atoms with van der Waals surface area (Å²) in [6.45, 7) is 9.00. The minimum atomic E-state index is -0.399. The average Bonchev–Trinajstić information content (AvgIpc) is 3.02. The molecule has 2 aromatic rings. The van der Waals surface area contributed by atoms with Crippen molar-refractivity contribution in [3.05, 3.63) is 69.6 Å². The Morgan fingerprint density at radius 3 is 2.39 bits per heavy atom. The summed E-state index contributed by atoms with van der Waals surface area (Å²) in [4.78, 5) is 36.4. The summed E-state index contributed by atoms with van der Waals surface area (Å²) < 4.78 is 0. The number of benzene rings is 2. The van der Waals surface area contributed by atoms with Crippen molar-refractivity contribution in [2.75, 3.05) is 5.32 Å². The SMILES string of the molecule is CC1(C)CCC(C)(C)c2cc(C(=O)Nc3cccc(/C=C4\SC(=O)NC4=O)c3)ccc21. The predicted octanol–water partition coefficient (Wildman–Crippen LogP) is 5.61. The van der Waals surface area contributed by atoms with Crippen LogP contribution in [-0.2, 0) is 15.6 Å². The third-order valence-corrected chi connectivity index (χ3v) is 7.01. The molecular formula is C25H26N2O3S. The zero-order valence-electron chi connectivity index (χ0n) is 18.2. The Bertz CT molecular complexity index is 1130. The van der Waals surface area contributed by atoms with E-state index in [0.29, 0.717) is 16.2 Å². The van der Waals surface area contributed by atoms with Crippen molar-refractivity contribution in [2.45, 2.75) is 51.4 Å². The van der Waals surface area contributed by atoms with E-state index < -0.39 is 5.91 Å². The lowest BCUT2D eigenvalue weighted by molar-refractivity contribution is -0.115. The van der Waals surface area contributed by atoms with Gasteiger partial charge in [-0.25, -0.2) is 0 Å². The molecule has 1 fully saturated rings. The number of amides is 3. The first-order valence-electron chi connectivity index (χ1n) is 10.4. The molecule has 4 rings (SSSR count). The van der Waals surface area contributed by atoms with Crippen LogP contribution in [0.15, 0.2) is 47.4 Å². The largest absolute Gasteiger partial charge is 0.322 e. The lowest BCUT2D eigenvalue weighted by Gasteiger charge is -2.42. The van der Waals surface area contributed by atoms with Crippen molar-refractivity contribution < 1.29 is 14.4 Å². The standard InChI is InChI=1S/C25H26N2O3S/c1-24(2)10-11-25(3,4)19-14-16(8-9-18(19)24)21(28)26-17-7-5-6-15(12-17)13-20-22(29)27-23(30)31-20/h5-9,12-14H,10-11H2,1-4H3,(H,26,28)(H,27,29,30)/b20-13-. The lowest BCUT2D eigenvalue weighted by Crippen LogP contribution is -2.34. The first-order valence-corrected chi connectivity index (χ1v) is 11.2. The molecule has 0 unspecified atom stereocenters. The summed E-state index contributed by atoms with van der Waals surface area (Å²) in [5, 5.41) is 4.82. The Morgan fingerprint density at radius 1 is 1.00 bits per heavy atom. The molecule has 6 heteroatoms. The van der Waals surface area contributed by atoms with Crippen LogP contribution >= 0.6 is 11.8 Å². The Kier molecular flexibility index (Phi) is 5.30. The van der Waals surface area contributed by atoms with Crippen molar-refractivity contribution in [2.24, 2.45) is 0 Å². The number of imide groups is 1. The molecule has 2 aromatic carbocycles. The van der Waals surface area contributed by atoms with Gasteiger partial charge in [0.05, 0.1) is 4.91 Å². The molecule has 1 aliphatic carbocycles. The lowest BCUT2D eigenvalue weighted by atomic mass is 9.63. The summed E-state index contributed by atoms with van der Waals surface area (Å²) in [6.07, 6.45) is 3.86. The Labute approximate surface area is 186 Å². The van der Waals surface area contributed by atoms with Crippen molar-refractivity contribution in [1.29, 1.82) is 0 Å². The summed E-state index contributed by atoms with van der Waals surface area (Å²) in [5.41, 5.74) is 4.69. The Hall–Kier alpha value is -2.86. The van der Waals surface area contributed by atoms with E-state index in [0.717, 1.165) is 30.2 Å². The average molecular weight is 435 g/mol. The van der Waals surface area contributed by atoms with Gasteiger partial charge in [0.25, 0.3) is 17.1 Å². The second-order valence-corrected chi connectivity index (χ2v) is 10.5. The molecule has 160 valence electrons. The van der Waals surface area contributed by atoms with Gasteiger partial charge in [0.2, 0.25) is 0 Å². The van der Waals surface area contributed by atoms with E-state index in [1.807, 2.05) is 18.2 Å². The van der Waals surface area contributed by atoms with Crippen LogP contribution in [0.25, 0.3) is 6.08 Å². The van der Waals surface area contributed by atoms with Crippen molar-refractivity contribution in [3.63, 3.8) is 0 Å². The second-order valence-electron chi connectivity index (χ2n) is 9.46. The summed E-state index contributed by atoms with van der Waals surface area (Å²) >= 11 is 0.872. The maximum atomic E-state index is 13.0. The monoisotopic (exact) mass is 434 g/mol. The van der Waals surface area contributed by atoms with Crippen LogP contribution in [0, 0.1) is 0 Å². The van der Waals surface area contributed by atoms with Gasteiger partial charge >= 0.3 is 0 Å². The number of hydrogen-bond donors (Lipinski definition) is 2. The molecule has 1 aliphatic heterocycles. The number of thioether (sulfide) groups is 1. The first kappa shape index (κ1) is 21.4. The number of carbonyl (C=O) groups is 3. The van der Waals surface area contributed by atoms with E-state index in [1.165, 1.54) is 11.1 Å². The van der Waals surface area contributed by atoms with Crippen LogP contribution in [0.5, 0.6) is 0 Å². The highest BCUT2D eigenvalue weighted by Crippen LogP contribution is 2.45. The van der Waals surface area contributed by atoms with Gasteiger partial charge in [-0.1, -0.05) is 45.9 Å². The number of nitrogens with one attached hydrogen (secondary N) is 2. The second kappa shape index (κ2) is 7.68. The third kappa shape index (κ3) is 4.30. The highest BCUT2D eigenvalue weighted by molar-refractivity contribution is 8.18. The number of rotatable bonds is 3. The van der Waals surface area contributed by atoms with E-state index >= 15 is 0 Å². The molecule has 0 radical (unpaired) electrons. The fourth-order valence-electron chi connectivity index (χ4n) is 4.21. The van der Waals surface area contributed by atoms with Crippen molar-refractivity contribution in [3.8, 4) is 0 Å². The van der Waals surface area contributed by atoms with Gasteiger partial charge in [0, 0.05) is 11.3 Å². The van der Waals surface area contributed by atoms with Crippen LogP contribution in [0.2, 0.25) is 0 Å². The predicted molar refractivity (Wildman–Crippen MR) is 125 cm³/mol. The third-order valence-electron chi connectivity index (χ3n) is 6.20. The van der Waals surface area contributed by atoms with Gasteiger partial charge < -0.3 is 5.32 Å². The molecule has 2 aliphatic rings. The highest BCUT2D eigenvalue weighted by atomic mass is 32.2. The fraction of sp³-hybridized carbons (Fsp3) is 0.320. The van der Waals surface area contributed by atoms with Gasteiger partial charge in [0.1, 0.15) is 0 Å². The molecule has 1 heterocycles. The number of hydrogen-bond acceptors (Lipinski definition) is 4. The molecular weight excluding hydrogens is 408 g/mol. The molecule has 2 N–H and O–H groups in total. The molecule has 0 spiro atoms. The van der Waals surface area contributed by atoms with Crippen molar-refractivity contribution in [1.82, 2.24) is 5.32 Å². The van der Waals surface area contributed by atoms with Crippen LogP contribution in [-0.4, -0.2) is 17.1 Å². The zero-order chi connectivity index (χ0) is 22.4. The molecule has 0 aromatic heterocycles. The first-order chi connectivity index (χ1) is 14.5. The molecule has 0 saturated carbocycles. The maximum absolute atomic E-state index is 13.0. The minimum Gasteiger partial charge on any atom is -0.322 e. The number of anilines is 1. The molecule has 3 amide bonds. The molecule has 5 nitrogen and oxygen atoms in total. The van der Waals surface area contributed by atoms with Crippen LogP contribution in [0.3, 0.4) is 0 Å². The minimum absolute atomic E-state index is 0.0319. The van der Waals surface area contributed by atoms with Crippen LogP contribution in [0.4, 0.5) is 10.5 Å². The topological polar surface area (TPSA) is 75.3 Å². The van der Waals surface area contributed by atoms with Crippen LogP contribution in [0.1, 0.15) is 67.6 Å². The summed E-state index contributed by atoms with van der Waals surface area (Å²) in [5.74, 6) is -0.570. The summed E-state index contributed by atoms with van der Waals surface area (Å²) in [6, 6.07) is 13.2. The molecule has 0 bridgehead atoms. The number of carbonyl (C=O) groups excluding carboxylic acids is 3. The van der Waals surface area contributed by atoms with Gasteiger partial charge in [-0.2, -0.15) is 0 Å². The zero-order valence-corrected chi connectivity index (χ0v) is 19.0. The van der Waals surface area contributed by atoms with Crippen LogP contribution < -0.4 is 10.6 Å². The van der Waals surface area contributed by atoms with E-state index in [1.54, 1.807) is 24.3 Å². The van der Waals surface area contributed by atoms with E-state index in [2.05, 4.69) is 44.4 Å². The smallest absolute Gasteiger partial charge is 0.290 e. The van der Waals surface area contributed by atoms with Gasteiger partial charge in [-0.3, -0.25) is 19.7 Å². The van der Waals surface area contributed by atoms with Gasteiger partial charge in [-0.05, 0) is 82.5 Å². The van der Waals surface area contributed by atoms with Crippen molar-refractivity contribution >= 4 is 40.6 Å². The summed E-state index contributed by atoms with van der Waals surface area (Å²) in [7, 11) is 0. The Morgan fingerprint density at radius 2 is 1.71 bits per heavy atom. The molecule has 0 atom stereocenters. The fourth-order valence-corrected chi connectivity index (χ4v) is 4.89. The molecule has 1 saturated heterocycles. The quantitative estimate of drug-likeness (QED) is 0.616. The highest BCUT2D eigenvalue weighted by Gasteiger charge is 2.37. The van der Waals surface area contributed by atoms with E-state index in [9.17, 15) is 14.4 Å². The molecule has 31 heavy (non-hydrogen) atoms. The van der Waals surface area contributed by atoms with Gasteiger partial charge in [-0.15, -0.1) is 0 Å². The maximum Gasteiger partial charge on any atom is 0.290 e. The van der Waals surface area contributed by atoms with E-state index in [-0.39, 0.29) is 22.0 Å². The normalized spacial score (nSPS) is 20.3. The Balaban J connectivity index is 1.58.